The maximum absolute atomic E-state index is 13.1. The lowest BCUT2D eigenvalue weighted by molar-refractivity contribution is 0.0710. The number of piperazine rings is 1. The summed E-state index contributed by atoms with van der Waals surface area (Å²) in [7, 11) is -3.59. The molecule has 0 atom stereocenters. The molecule has 0 radical (unpaired) electrons. The molecular formula is C21H22N4O4S2. The van der Waals surface area contributed by atoms with Gasteiger partial charge in [-0.3, -0.25) is 10.0 Å². The van der Waals surface area contributed by atoms with Crippen molar-refractivity contribution in [2.24, 2.45) is 0 Å². The van der Waals surface area contributed by atoms with Crippen LogP contribution >= 0.6 is 11.3 Å². The molecule has 0 spiro atoms. The van der Waals surface area contributed by atoms with E-state index in [1.54, 1.807) is 17.6 Å². The lowest BCUT2D eigenvalue weighted by Gasteiger charge is -2.33. The van der Waals surface area contributed by atoms with Gasteiger partial charge in [0.05, 0.1) is 11.1 Å². The maximum Gasteiger partial charge on any atom is 0.286 e. The predicted molar refractivity (Wildman–Crippen MR) is 119 cm³/mol. The van der Waals surface area contributed by atoms with Crippen molar-refractivity contribution in [1.29, 1.82) is 0 Å². The van der Waals surface area contributed by atoms with Gasteiger partial charge < -0.3 is 4.90 Å². The van der Waals surface area contributed by atoms with E-state index in [4.69, 9.17) is 5.21 Å². The number of hydroxylamine groups is 1. The molecule has 2 heterocycles. The van der Waals surface area contributed by atoms with Gasteiger partial charge >= 0.3 is 0 Å². The molecule has 1 aliphatic heterocycles. The number of amides is 1. The standard InChI is InChI=1S/C21H22N4O4S2/c1-15-3-2-4-17(13-15)16-5-7-18(8-6-16)31(28,29)25-11-9-24(10-12-25)21-22-14-19(30-21)20(26)23-27/h2-8,13-14,27H,9-12H2,1H3,(H,23,26). The first kappa shape index (κ1) is 21.4. The largest absolute Gasteiger partial charge is 0.345 e. The Balaban J connectivity index is 1.44. The number of sulfonamides is 1. The van der Waals surface area contributed by atoms with E-state index in [-0.39, 0.29) is 4.90 Å². The van der Waals surface area contributed by atoms with Crippen molar-refractivity contribution in [2.45, 2.75) is 11.8 Å². The number of thiazole rings is 1. The van der Waals surface area contributed by atoms with Gasteiger partial charge in [0.1, 0.15) is 4.88 Å². The number of benzene rings is 2. The molecule has 8 nitrogen and oxygen atoms in total. The SMILES string of the molecule is Cc1cccc(-c2ccc(S(=O)(=O)N3CCN(c4ncc(C(=O)NO)s4)CC3)cc2)c1. The number of carbonyl (C=O) groups is 1. The Kier molecular flexibility index (Phi) is 6.05. The maximum atomic E-state index is 13.1. The molecule has 1 aliphatic rings. The molecule has 0 bridgehead atoms. The van der Waals surface area contributed by atoms with E-state index in [1.807, 2.05) is 42.2 Å². The molecule has 2 aromatic carbocycles. The summed E-state index contributed by atoms with van der Waals surface area (Å²) in [5.41, 5.74) is 4.76. The summed E-state index contributed by atoms with van der Waals surface area (Å²) in [5, 5.41) is 9.35. The first-order valence-corrected chi connectivity index (χ1v) is 12.0. The first-order chi connectivity index (χ1) is 14.9. The number of hydrogen-bond donors (Lipinski definition) is 2. The number of aryl methyl sites for hydroxylation is 1. The molecule has 1 saturated heterocycles. The van der Waals surface area contributed by atoms with Crippen molar-refractivity contribution in [1.82, 2.24) is 14.8 Å². The van der Waals surface area contributed by atoms with Crippen LogP contribution in [0.2, 0.25) is 0 Å². The molecule has 0 saturated carbocycles. The number of hydrogen-bond acceptors (Lipinski definition) is 7. The summed E-state index contributed by atoms with van der Waals surface area (Å²) in [4.78, 5) is 18.2. The van der Waals surface area contributed by atoms with Gasteiger partial charge in [-0.15, -0.1) is 0 Å². The molecule has 0 aliphatic carbocycles. The molecule has 0 unspecified atom stereocenters. The van der Waals surface area contributed by atoms with Crippen LogP contribution in [-0.2, 0) is 10.0 Å². The van der Waals surface area contributed by atoms with E-state index in [1.165, 1.54) is 10.5 Å². The highest BCUT2D eigenvalue weighted by molar-refractivity contribution is 7.89. The molecule has 31 heavy (non-hydrogen) atoms. The molecular weight excluding hydrogens is 436 g/mol. The molecule has 10 heteroatoms. The first-order valence-electron chi connectivity index (χ1n) is 9.71. The Bertz CT molecular complexity index is 1180. The number of carbonyl (C=O) groups excluding carboxylic acids is 1. The number of nitrogens with zero attached hydrogens (tertiary/aromatic N) is 3. The molecule has 162 valence electrons. The van der Waals surface area contributed by atoms with E-state index >= 15 is 0 Å². The van der Waals surface area contributed by atoms with Crippen molar-refractivity contribution in [3.63, 3.8) is 0 Å². The highest BCUT2D eigenvalue weighted by atomic mass is 32.2. The second kappa shape index (κ2) is 8.75. The summed E-state index contributed by atoms with van der Waals surface area (Å²) >= 11 is 1.15. The van der Waals surface area contributed by atoms with E-state index < -0.39 is 15.9 Å². The number of aromatic nitrogens is 1. The fourth-order valence-corrected chi connectivity index (χ4v) is 5.76. The van der Waals surface area contributed by atoms with Crippen LogP contribution in [0.3, 0.4) is 0 Å². The average molecular weight is 459 g/mol. The van der Waals surface area contributed by atoms with Gasteiger partial charge in [0.15, 0.2) is 5.13 Å². The summed E-state index contributed by atoms with van der Waals surface area (Å²) in [6.45, 7) is 3.60. The Morgan fingerprint density at radius 1 is 1.06 bits per heavy atom. The van der Waals surface area contributed by atoms with E-state index in [0.29, 0.717) is 36.2 Å². The molecule has 1 amide bonds. The number of anilines is 1. The summed E-state index contributed by atoms with van der Waals surface area (Å²) in [5.74, 6) is -0.612. The molecule has 4 rings (SSSR count). The van der Waals surface area contributed by atoms with Gasteiger partial charge in [0.25, 0.3) is 5.91 Å². The highest BCUT2D eigenvalue weighted by Gasteiger charge is 2.29. The Morgan fingerprint density at radius 2 is 1.77 bits per heavy atom. The lowest BCUT2D eigenvalue weighted by atomic mass is 10.0. The predicted octanol–water partition coefficient (Wildman–Crippen LogP) is 2.75. The minimum atomic E-state index is -3.59. The van der Waals surface area contributed by atoms with Crippen LogP contribution < -0.4 is 10.4 Å². The zero-order valence-electron chi connectivity index (χ0n) is 16.9. The zero-order chi connectivity index (χ0) is 22.0. The van der Waals surface area contributed by atoms with Crippen molar-refractivity contribution in [3.05, 3.63) is 65.2 Å². The van der Waals surface area contributed by atoms with Gasteiger partial charge in [-0.1, -0.05) is 53.3 Å². The quantitative estimate of drug-likeness (QED) is 0.450. The van der Waals surface area contributed by atoms with Crippen molar-refractivity contribution in [3.8, 4) is 11.1 Å². The number of rotatable bonds is 5. The van der Waals surface area contributed by atoms with Crippen LogP contribution in [-0.4, -0.2) is 55.0 Å². The zero-order valence-corrected chi connectivity index (χ0v) is 18.5. The topological polar surface area (TPSA) is 103 Å². The lowest BCUT2D eigenvalue weighted by Crippen LogP contribution is -2.48. The second-order valence-electron chi connectivity index (χ2n) is 7.23. The molecule has 1 aromatic heterocycles. The van der Waals surface area contributed by atoms with Crippen molar-refractivity contribution < 1.29 is 18.4 Å². The average Bonchev–Trinajstić information content (AvgIpc) is 3.29. The fraction of sp³-hybridized carbons (Fsp3) is 0.238. The van der Waals surface area contributed by atoms with Crippen LogP contribution in [0, 0.1) is 6.92 Å². The molecule has 3 aromatic rings. The Morgan fingerprint density at radius 3 is 2.42 bits per heavy atom. The van der Waals surface area contributed by atoms with Gasteiger partial charge in [0, 0.05) is 26.2 Å². The van der Waals surface area contributed by atoms with E-state index in [0.717, 1.165) is 28.0 Å². The van der Waals surface area contributed by atoms with Crippen molar-refractivity contribution >= 4 is 32.4 Å². The van der Waals surface area contributed by atoms with Crippen LogP contribution in [0.5, 0.6) is 0 Å². The third-order valence-corrected chi connectivity index (χ3v) is 8.14. The highest BCUT2D eigenvalue weighted by Crippen LogP contribution is 2.27. The second-order valence-corrected chi connectivity index (χ2v) is 10.2. The van der Waals surface area contributed by atoms with E-state index in [2.05, 4.69) is 11.1 Å². The van der Waals surface area contributed by atoms with Crippen molar-refractivity contribution in [2.75, 3.05) is 31.1 Å². The Labute approximate surface area is 184 Å². The molecule has 2 N–H and O–H groups in total. The van der Waals surface area contributed by atoms with Gasteiger partial charge in [-0.25, -0.2) is 18.9 Å². The Hall–Kier alpha value is -2.79. The van der Waals surface area contributed by atoms with Crippen LogP contribution in [0.1, 0.15) is 15.2 Å². The fourth-order valence-electron chi connectivity index (χ4n) is 3.48. The minimum absolute atomic E-state index is 0.272. The summed E-state index contributed by atoms with van der Waals surface area (Å²) < 4.78 is 27.6. The normalized spacial score (nSPS) is 15.1. The van der Waals surface area contributed by atoms with Gasteiger partial charge in [0.2, 0.25) is 10.0 Å². The smallest absolute Gasteiger partial charge is 0.286 e. The minimum Gasteiger partial charge on any atom is -0.345 e. The number of nitrogens with one attached hydrogen (secondary N) is 1. The van der Waals surface area contributed by atoms with Gasteiger partial charge in [-0.05, 0) is 30.2 Å². The van der Waals surface area contributed by atoms with Crippen LogP contribution in [0.4, 0.5) is 5.13 Å². The van der Waals surface area contributed by atoms with Crippen LogP contribution in [0.15, 0.2) is 59.6 Å². The van der Waals surface area contributed by atoms with Gasteiger partial charge in [-0.2, -0.15) is 4.31 Å². The molecule has 1 fully saturated rings. The monoisotopic (exact) mass is 458 g/mol. The third kappa shape index (κ3) is 4.47. The third-order valence-electron chi connectivity index (χ3n) is 5.17. The summed E-state index contributed by atoms with van der Waals surface area (Å²) in [6.07, 6.45) is 1.39. The van der Waals surface area contributed by atoms with E-state index in [9.17, 15) is 13.2 Å². The van der Waals surface area contributed by atoms with Crippen LogP contribution in [0.25, 0.3) is 11.1 Å². The summed E-state index contributed by atoms with van der Waals surface area (Å²) in [6, 6.07) is 15.1.